The number of ether oxygens (including phenoxy) is 2. The number of hydrogen-bond donors (Lipinski definition) is 0. The van der Waals surface area contributed by atoms with Gasteiger partial charge in [0.15, 0.2) is 11.5 Å². The summed E-state index contributed by atoms with van der Waals surface area (Å²) in [6, 6.07) is 7.76. The second-order valence-electron chi connectivity index (χ2n) is 5.37. The van der Waals surface area contributed by atoms with Gasteiger partial charge >= 0.3 is 0 Å². The summed E-state index contributed by atoms with van der Waals surface area (Å²) in [7, 11) is 3.17. The van der Waals surface area contributed by atoms with E-state index in [0.717, 1.165) is 12.8 Å². The number of rotatable bonds is 6. The quantitative estimate of drug-likeness (QED) is 0.817. The number of carbonyl (C=O) groups excluding carboxylic acids is 1. The van der Waals surface area contributed by atoms with Gasteiger partial charge in [-0.05, 0) is 53.4 Å². The number of nitrogens with zero attached hydrogens (tertiary/aromatic N) is 1. The summed E-state index contributed by atoms with van der Waals surface area (Å²) >= 11 is 1.66. The molecule has 0 bridgehead atoms. The zero-order valence-electron chi connectivity index (χ0n) is 12.7. The number of benzene rings is 1. The summed E-state index contributed by atoms with van der Waals surface area (Å²) in [4.78, 5) is 14.8. The summed E-state index contributed by atoms with van der Waals surface area (Å²) in [5.74, 6) is 1.27. The Morgan fingerprint density at radius 1 is 1.23 bits per heavy atom. The first-order valence-electron chi connectivity index (χ1n) is 7.27. The number of thiophene rings is 1. The van der Waals surface area contributed by atoms with Crippen LogP contribution in [0.5, 0.6) is 11.5 Å². The number of carbonyl (C=O) groups is 1. The largest absolute Gasteiger partial charge is 0.493 e. The molecule has 1 heterocycles. The molecule has 1 aliphatic rings. The smallest absolute Gasteiger partial charge is 0.254 e. The van der Waals surface area contributed by atoms with Gasteiger partial charge in [-0.2, -0.15) is 11.3 Å². The molecular formula is C17H19NO3S. The van der Waals surface area contributed by atoms with Gasteiger partial charge in [-0.3, -0.25) is 4.79 Å². The molecule has 1 amide bonds. The number of amides is 1. The lowest BCUT2D eigenvalue weighted by Crippen LogP contribution is -2.32. The lowest BCUT2D eigenvalue weighted by atomic mass is 10.1. The van der Waals surface area contributed by atoms with Crippen LogP contribution in [-0.4, -0.2) is 31.1 Å². The molecule has 0 spiro atoms. The van der Waals surface area contributed by atoms with Crippen molar-refractivity contribution in [3.05, 3.63) is 46.2 Å². The van der Waals surface area contributed by atoms with Crippen LogP contribution in [0.3, 0.4) is 0 Å². The van der Waals surface area contributed by atoms with E-state index in [1.165, 1.54) is 5.56 Å². The average Bonchev–Trinajstić information content (AvgIpc) is 3.27. The van der Waals surface area contributed by atoms with E-state index >= 15 is 0 Å². The van der Waals surface area contributed by atoms with Gasteiger partial charge in [0.25, 0.3) is 5.91 Å². The van der Waals surface area contributed by atoms with Crippen molar-refractivity contribution in [2.24, 2.45) is 0 Å². The summed E-state index contributed by atoms with van der Waals surface area (Å²) < 4.78 is 10.5. The van der Waals surface area contributed by atoms with Crippen LogP contribution in [0.2, 0.25) is 0 Å². The fourth-order valence-corrected chi connectivity index (χ4v) is 3.13. The van der Waals surface area contributed by atoms with Crippen LogP contribution in [0.25, 0.3) is 0 Å². The Bertz CT molecular complexity index is 650. The Labute approximate surface area is 134 Å². The Hall–Kier alpha value is -2.01. The molecule has 1 aliphatic carbocycles. The molecule has 3 rings (SSSR count). The van der Waals surface area contributed by atoms with Crippen LogP contribution in [0.4, 0.5) is 0 Å². The van der Waals surface area contributed by atoms with Crippen molar-refractivity contribution in [2.45, 2.75) is 25.4 Å². The molecule has 0 N–H and O–H groups in total. The second-order valence-corrected chi connectivity index (χ2v) is 6.15. The van der Waals surface area contributed by atoms with Crippen LogP contribution in [-0.2, 0) is 6.54 Å². The van der Waals surface area contributed by atoms with E-state index in [1.807, 2.05) is 10.3 Å². The van der Waals surface area contributed by atoms with Gasteiger partial charge in [0.05, 0.1) is 14.2 Å². The van der Waals surface area contributed by atoms with Crippen LogP contribution in [0.15, 0.2) is 35.0 Å². The van der Waals surface area contributed by atoms with Crippen LogP contribution >= 0.6 is 11.3 Å². The van der Waals surface area contributed by atoms with Gasteiger partial charge in [0.1, 0.15) is 0 Å². The predicted octanol–water partition coefficient (Wildman–Crippen LogP) is 3.57. The molecule has 1 fully saturated rings. The minimum absolute atomic E-state index is 0.0506. The summed E-state index contributed by atoms with van der Waals surface area (Å²) in [5.41, 5.74) is 1.82. The first-order chi connectivity index (χ1) is 10.7. The molecule has 0 radical (unpaired) electrons. The fraction of sp³-hybridized carbons (Fsp3) is 0.353. The first-order valence-corrected chi connectivity index (χ1v) is 8.21. The molecule has 22 heavy (non-hydrogen) atoms. The molecule has 1 saturated carbocycles. The second kappa shape index (κ2) is 6.40. The third-order valence-corrected chi connectivity index (χ3v) is 4.54. The van der Waals surface area contributed by atoms with E-state index in [4.69, 9.17) is 9.47 Å². The summed E-state index contributed by atoms with van der Waals surface area (Å²) in [6.45, 7) is 0.668. The van der Waals surface area contributed by atoms with E-state index in [9.17, 15) is 4.79 Å². The highest BCUT2D eigenvalue weighted by Crippen LogP contribution is 2.32. The predicted molar refractivity (Wildman–Crippen MR) is 86.8 cm³/mol. The minimum Gasteiger partial charge on any atom is -0.493 e. The Morgan fingerprint density at radius 3 is 2.59 bits per heavy atom. The molecule has 4 nitrogen and oxygen atoms in total. The Morgan fingerprint density at radius 2 is 2.00 bits per heavy atom. The van der Waals surface area contributed by atoms with Gasteiger partial charge in [-0.1, -0.05) is 0 Å². The Balaban J connectivity index is 1.84. The first kappa shape index (κ1) is 14.9. The molecule has 116 valence electrons. The third kappa shape index (κ3) is 3.09. The van der Waals surface area contributed by atoms with Gasteiger partial charge in [-0.15, -0.1) is 0 Å². The van der Waals surface area contributed by atoms with E-state index in [2.05, 4.69) is 11.4 Å². The van der Waals surface area contributed by atoms with Gasteiger partial charge in [0, 0.05) is 18.2 Å². The molecule has 0 saturated heterocycles. The van der Waals surface area contributed by atoms with Gasteiger partial charge < -0.3 is 14.4 Å². The zero-order valence-corrected chi connectivity index (χ0v) is 13.6. The molecule has 0 atom stereocenters. The van der Waals surface area contributed by atoms with Crippen molar-refractivity contribution in [3.8, 4) is 11.5 Å². The highest BCUT2D eigenvalue weighted by Gasteiger charge is 2.33. The molecule has 1 aromatic heterocycles. The molecule has 2 aromatic rings. The van der Waals surface area contributed by atoms with Crippen molar-refractivity contribution in [1.82, 2.24) is 4.90 Å². The van der Waals surface area contributed by atoms with E-state index < -0.39 is 0 Å². The summed E-state index contributed by atoms with van der Waals surface area (Å²) in [6.07, 6.45) is 2.17. The zero-order chi connectivity index (χ0) is 15.5. The maximum atomic E-state index is 12.9. The Kier molecular flexibility index (Phi) is 4.34. The molecule has 5 heteroatoms. The van der Waals surface area contributed by atoms with Crippen molar-refractivity contribution in [2.75, 3.05) is 14.2 Å². The lowest BCUT2D eigenvalue weighted by Gasteiger charge is -2.22. The fourth-order valence-electron chi connectivity index (χ4n) is 2.47. The molecule has 0 aliphatic heterocycles. The number of methoxy groups -OCH3 is 2. The van der Waals surface area contributed by atoms with Crippen molar-refractivity contribution >= 4 is 17.2 Å². The minimum atomic E-state index is 0.0506. The standard InChI is InChI=1S/C17H19NO3S/c1-20-15-6-3-13(9-16(15)21-2)17(19)18(14-4-5-14)10-12-7-8-22-11-12/h3,6-9,11,14H,4-5,10H2,1-2H3. The molecule has 1 aromatic carbocycles. The number of hydrogen-bond acceptors (Lipinski definition) is 4. The van der Waals surface area contributed by atoms with Crippen LogP contribution < -0.4 is 9.47 Å². The summed E-state index contributed by atoms with van der Waals surface area (Å²) in [5, 5.41) is 4.14. The van der Waals surface area contributed by atoms with Crippen molar-refractivity contribution in [3.63, 3.8) is 0 Å². The van der Waals surface area contributed by atoms with Gasteiger partial charge in [0.2, 0.25) is 0 Å². The SMILES string of the molecule is COc1ccc(C(=O)N(Cc2ccsc2)C2CC2)cc1OC. The van der Waals surface area contributed by atoms with E-state index in [-0.39, 0.29) is 5.91 Å². The lowest BCUT2D eigenvalue weighted by molar-refractivity contribution is 0.0729. The van der Waals surface area contributed by atoms with Crippen LogP contribution in [0, 0.1) is 0 Å². The van der Waals surface area contributed by atoms with E-state index in [0.29, 0.717) is 29.6 Å². The normalized spacial score (nSPS) is 13.7. The maximum absolute atomic E-state index is 12.9. The van der Waals surface area contributed by atoms with Crippen molar-refractivity contribution in [1.29, 1.82) is 0 Å². The molecule has 0 unspecified atom stereocenters. The highest BCUT2D eigenvalue weighted by atomic mass is 32.1. The topological polar surface area (TPSA) is 38.8 Å². The third-order valence-electron chi connectivity index (χ3n) is 3.81. The van der Waals surface area contributed by atoms with E-state index in [1.54, 1.807) is 43.8 Å². The van der Waals surface area contributed by atoms with Gasteiger partial charge in [-0.25, -0.2) is 0 Å². The highest BCUT2D eigenvalue weighted by molar-refractivity contribution is 7.07. The average molecular weight is 317 g/mol. The van der Waals surface area contributed by atoms with Crippen molar-refractivity contribution < 1.29 is 14.3 Å². The maximum Gasteiger partial charge on any atom is 0.254 e. The molecular weight excluding hydrogens is 298 g/mol. The van der Waals surface area contributed by atoms with Crippen LogP contribution in [0.1, 0.15) is 28.8 Å². The monoisotopic (exact) mass is 317 g/mol.